The van der Waals surface area contributed by atoms with Crippen molar-refractivity contribution in [1.29, 1.82) is 0 Å². The van der Waals surface area contributed by atoms with Gasteiger partial charge in [0, 0.05) is 29.8 Å². The summed E-state index contributed by atoms with van der Waals surface area (Å²) in [7, 11) is 0. The van der Waals surface area contributed by atoms with Crippen molar-refractivity contribution >= 4 is 50.4 Å². The Kier molecular flexibility index (Phi) is 5.03. The third-order valence-electron chi connectivity index (χ3n) is 2.83. The summed E-state index contributed by atoms with van der Waals surface area (Å²) < 4.78 is 2.25. The molecule has 10 heteroatoms. The average Bonchev–Trinajstić information content (AvgIpc) is 3.14. The smallest absolute Gasteiger partial charge is 0.258 e. The molecular weight excluding hydrogens is 354 g/mol. The maximum atomic E-state index is 11.9. The predicted molar refractivity (Wildman–Crippen MR) is 92.3 cm³/mol. The van der Waals surface area contributed by atoms with Gasteiger partial charge in [0.05, 0.1) is 5.69 Å². The van der Waals surface area contributed by atoms with Crippen LogP contribution in [0.5, 0.6) is 0 Å². The first-order chi connectivity index (χ1) is 11.2. The van der Waals surface area contributed by atoms with E-state index >= 15 is 0 Å². The second-order valence-corrected chi connectivity index (χ2v) is 7.67. The van der Waals surface area contributed by atoms with E-state index in [1.165, 1.54) is 44.9 Å². The topological polar surface area (TPSA) is 89.2 Å². The van der Waals surface area contributed by atoms with Crippen molar-refractivity contribution in [2.45, 2.75) is 29.9 Å². The summed E-state index contributed by atoms with van der Waals surface area (Å²) in [5.41, 5.74) is 0.617. The lowest BCUT2D eigenvalue weighted by molar-refractivity contribution is -0.116. The molecule has 0 saturated carbocycles. The molecule has 0 spiro atoms. The number of rotatable bonds is 6. The molecule has 0 aliphatic carbocycles. The van der Waals surface area contributed by atoms with Crippen molar-refractivity contribution in [2.75, 3.05) is 5.32 Å². The Labute approximate surface area is 143 Å². The van der Waals surface area contributed by atoms with Crippen LogP contribution >= 0.6 is 34.4 Å². The first-order valence-electron chi connectivity index (χ1n) is 6.87. The molecule has 3 heterocycles. The number of hydrogen-bond donors (Lipinski definition) is 1. The summed E-state index contributed by atoms with van der Waals surface area (Å²) in [4.78, 5) is 28.5. The number of hydrogen-bond acceptors (Lipinski definition) is 8. The molecule has 3 aromatic heterocycles. The molecule has 1 amide bonds. The lowest BCUT2D eigenvalue weighted by atomic mass is 10.3. The Balaban J connectivity index is 1.64. The van der Waals surface area contributed by atoms with Gasteiger partial charge in [0.1, 0.15) is 0 Å². The number of anilines is 1. The monoisotopic (exact) mass is 367 g/mol. The van der Waals surface area contributed by atoms with E-state index in [9.17, 15) is 9.59 Å². The Morgan fingerprint density at radius 1 is 1.43 bits per heavy atom. The fraction of sp³-hybridized carbons (Fsp3) is 0.308. The molecule has 3 rings (SSSR count). The van der Waals surface area contributed by atoms with Crippen molar-refractivity contribution in [1.82, 2.24) is 19.6 Å². The molecule has 120 valence electrons. The number of nitrogens with one attached hydrogen (secondary N) is 1. The highest BCUT2D eigenvalue weighted by Gasteiger charge is 2.09. The van der Waals surface area contributed by atoms with E-state index in [2.05, 4.69) is 20.5 Å². The van der Waals surface area contributed by atoms with Crippen LogP contribution in [0, 0.1) is 0 Å². The number of thioether (sulfide) groups is 1. The standard InChI is InChI=1S/C13H13N5O2S3/c1-2-3-9(19)15-11-16-17-13(23-11)22-7-8-6-10(20)18-4-5-21-12(18)14-8/h4-6H,2-3,7H2,1H3,(H,15,16,19). The maximum Gasteiger partial charge on any atom is 0.258 e. The lowest BCUT2D eigenvalue weighted by Crippen LogP contribution is -2.12. The SMILES string of the molecule is CCCC(=O)Nc1nnc(SCc2cc(=O)n3ccsc3n2)s1. The Morgan fingerprint density at radius 2 is 2.30 bits per heavy atom. The van der Waals surface area contributed by atoms with Crippen LogP contribution in [0.2, 0.25) is 0 Å². The third kappa shape index (κ3) is 3.95. The van der Waals surface area contributed by atoms with Gasteiger partial charge < -0.3 is 5.32 Å². The van der Waals surface area contributed by atoms with E-state index in [1.54, 1.807) is 6.20 Å². The zero-order chi connectivity index (χ0) is 16.2. The van der Waals surface area contributed by atoms with Crippen LogP contribution in [0.4, 0.5) is 5.13 Å². The minimum Gasteiger partial charge on any atom is -0.301 e. The summed E-state index contributed by atoms with van der Waals surface area (Å²) in [6.45, 7) is 1.95. The number of nitrogens with zero attached hydrogens (tertiary/aromatic N) is 4. The molecule has 0 fully saturated rings. The van der Waals surface area contributed by atoms with Crippen molar-refractivity contribution in [2.24, 2.45) is 0 Å². The number of carbonyl (C=O) groups excluding carboxylic acids is 1. The van der Waals surface area contributed by atoms with Crippen LogP contribution < -0.4 is 10.9 Å². The lowest BCUT2D eigenvalue weighted by Gasteiger charge is -1.98. The van der Waals surface area contributed by atoms with Gasteiger partial charge in [0.15, 0.2) is 9.30 Å². The largest absolute Gasteiger partial charge is 0.301 e. The van der Waals surface area contributed by atoms with E-state index in [-0.39, 0.29) is 11.5 Å². The van der Waals surface area contributed by atoms with E-state index < -0.39 is 0 Å². The van der Waals surface area contributed by atoms with Crippen molar-refractivity contribution in [3.05, 3.63) is 33.7 Å². The molecule has 7 nitrogen and oxygen atoms in total. The van der Waals surface area contributed by atoms with Crippen LogP contribution in [0.1, 0.15) is 25.5 Å². The number of fused-ring (bicyclic) bond motifs is 1. The van der Waals surface area contributed by atoms with Gasteiger partial charge in [-0.2, -0.15) is 0 Å². The third-order valence-corrected chi connectivity index (χ3v) is 5.59. The Hall–Kier alpha value is -1.78. The molecular formula is C13H13N5O2S3. The molecule has 0 unspecified atom stereocenters. The van der Waals surface area contributed by atoms with Crippen LogP contribution in [-0.2, 0) is 10.5 Å². The molecule has 0 aromatic carbocycles. The van der Waals surface area contributed by atoms with Crippen molar-refractivity contribution < 1.29 is 4.79 Å². The molecule has 0 bridgehead atoms. The summed E-state index contributed by atoms with van der Waals surface area (Å²) in [5, 5.41) is 13.0. The highest BCUT2D eigenvalue weighted by atomic mass is 32.2. The van der Waals surface area contributed by atoms with Crippen molar-refractivity contribution in [3.8, 4) is 0 Å². The second-order valence-electron chi connectivity index (χ2n) is 4.60. The zero-order valence-corrected chi connectivity index (χ0v) is 14.6. The highest BCUT2D eigenvalue weighted by molar-refractivity contribution is 8.00. The van der Waals surface area contributed by atoms with E-state index in [1.807, 2.05) is 12.3 Å². The Bertz CT molecular complexity index is 885. The molecule has 23 heavy (non-hydrogen) atoms. The normalized spacial score (nSPS) is 11.0. The first kappa shape index (κ1) is 16.1. The zero-order valence-electron chi connectivity index (χ0n) is 12.2. The van der Waals surface area contributed by atoms with Gasteiger partial charge in [0.2, 0.25) is 11.0 Å². The molecule has 0 aliphatic rings. The quantitative estimate of drug-likeness (QED) is 0.532. The van der Waals surface area contributed by atoms with E-state index in [0.29, 0.717) is 28.0 Å². The van der Waals surface area contributed by atoms with Crippen LogP contribution in [0.3, 0.4) is 0 Å². The number of thiazole rings is 1. The molecule has 0 radical (unpaired) electrons. The Morgan fingerprint density at radius 3 is 3.13 bits per heavy atom. The maximum absolute atomic E-state index is 11.9. The molecule has 1 N–H and O–H groups in total. The van der Waals surface area contributed by atoms with Gasteiger partial charge in [-0.1, -0.05) is 30.0 Å². The van der Waals surface area contributed by atoms with Crippen LogP contribution in [0.15, 0.2) is 26.8 Å². The number of carbonyl (C=O) groups is 1. The van der Waals surface area contributed by atoms with Crippen LogP contribution in [0.25, 0.3) is 4.96 Å². The minimum atomic E-state index is -0.0865. The van der Waals surface area contributed by atoms with Gasteiger partial charge in [-0.05, 0) is 6.42 Å². The van der Waals surface area contributed by atoms with Gasteiger partial charge >= 0.3 is 0 Å². The number of aromatic nitrogens is 4. The summed E-state index contributed by atoms with van der Waals surface area (Å²) in [5.74, 6) is 0.472. The second kappa shape index (κ2) is 7.20. The fourth-order valence-electron chi connectivity index (χ4n) is 1.82. The fourth-order valence-corrected chi connectivity index (χ4v) is 4.22. The molecule has 0 saturated heterocycles. The van der Waals surface area contributed by atoms with E-state index in [4.69, 9.17) is 0 Å². The van der Waals surface area contributed by atoms with Gasteiger partial charge in [-0.25, -0.2) is 4.98 Å². The first-order valence-corrected chi connectivity index (χ1v) is 9.56. The average molecular weight is 367 g/mol. The highest BCUT2D eigenvalue weighted by Crippen LogP contribution is 2.28. The van der Waals surface area contributed by atoms with Gasteiger partial charge in [-0.3, -0.25) is 14.0 Å². The van der Waals surface area contributed by atoms with Gasteiger partial charge in [0.25, 0.3) is 5.56 Å². The summed E-state index contributed by atoms with van der Waals surface area (Å²) in [6.07, 6.45) is 2.97. The predicted octanol–water partition coefficient (Wildman–Crippen LogP) is 2.64. The summed E-state index contributed by atoms with van der Waals surface area (Å²) in [6, 6.07) is 1.53. The van der Waals surface area contributed by atoms with Crippen molar-refractivity contribution in [3.63, 3.8) is 0 Å². The van der Waals surface area contributed by atoms with Gasteiger partial charge in [-0.15, -0.1) is 21.5 Å². The molecule has 0 atom stereocenters. The number of amides is 1. The molecule has 0 aliphatic heterocycles. The van der Waals surface area contributed by atoms with E-state index in [0.717, 1.165) is 10.8 Å². The molecule has 3 aromatic rings. The van der Waals surface area contributed by atoms with Crippen LogP contribution in [-0.4, -0.2) is 25.5 Å². The minimum absolute atomic E-state index is 0.0574. The summed E-state index contributed by atoms with van der Waals surface area (Å²) >= 11 is 4.18.